The van der Waals surface area contributed by atoms with Crippen LogP contribution in [0.2, 0.25) is 0 Å². The summed E-state index contributed by atoms with van der Waals surface area (Å²) in [5.74, 6) is -0.514. The Bertz CT molecular complexity index is 1030. The molecule has 172 valence electrons. The summed E-state index contributed by atoms with van der Waals surface area (Å²) < 4.78 is 45.0. The van der Waals surface area contributed by atoms with Crippen LogP contribution in [0.4, 0.5) is 18.0 Å². The molecule has 1 saturated heterocycles. The summed E-state index contributed by atoms with van der Waals surface area (Å²) >= 11 is 0. The largest absolute Gasteiger partial charge is 0.416 e. The first-order valence-electron chi connectivity index (χ1n) is 10.1. The number of amides is 2. The topological polar surface area (TPSA) is 88.8 Å². The molecule has 10 heteroatoms. The Kier molecular flexibility index (Phi) is 6.73. The first-order valence-corrected chi connectivity index (χ1v) is 10.1. The summed E-state index contributed by atoms with van der Waals surface area (Å²) in [5.41, 5.74) is 6.09. The molecule has 2 N–H and O–H groups in total. The number of hydrogen-bond acceptors (Lipinski definition) is 5. The molecule has 1 aliphatic rings. The average Bonchev–Trinajstić information content (AvgIpc) is 2.70. The predicted molar refractivity (Wildman–Crippen MR) is 111 cm³/mol. The summed E-state index contributed by atoms with van der Waals surface area (Å²) in [6.45, 7) is 6.59. The van der Waals surface area contributed by atoms with E-state index in [-0.39, 0.29) is 22.9 Å². The number of piperazine rings is 1. The zero-order valence-electron chi connectivity index (χ0n) is 18.1. The molecule has 1 fully saturated rings. The van der Waals surface area contributed by atoms with Crippen LogP contribution in [0.15, 0.2) is 30.6 Å². The zero-order chi connectivity index (χ0) is 23.6. The zero-order valence-corrected chi connectivity index (χ0v) is 18.1. The monoisotopic (exact) mass is 450 g/mol. The number of nitrogens with zero attached hydrogens (tertiary/aromatic N) is 3. The van der Waals surface area contributed by atoms with Gasteiger partial charge in [-0.05, 0) is 38.0 Å². The smallest absolute Gasteiger partial charge is 0.408 e. The standard InChI is InChI=1S/C22H25F3N4O3/c1-13-11-28(12-16-5-4-6-18(14(16)2)22(23,24)25)7-8-29(13)21(31)32-19-10-27-9-17(15(19)3)20(26)30/h4-6,9-10,13H,7-8,11-12H2,1-3H3,(H2,26,30)/t13-/m1/s1. The fourth-order valence-corrected chi connectivity index (χ4v) is 3.86. The van der Waals surface area contributed by atoms with Gasteiger partial charge < -0.3 is 15.4 Å². The Hall–Kier alpha value is -3.14. The number of carbonyl (C=O) groups excluding carboxylic acids is 2. The second-order valence-electron chi connectivity index (χ2n) is 7.91. The summed E-state index contributed by atoms with van der Waals surface area (Å²) in [6.07, 6.45) is -2.32. The van der Waals surface area contributed by atoms with Crippen molar-refractivity contribution in [1.82, 2.24) is 14.8 Å². The van der Waals surface area contributed by atoms with Gasteiger partial charge in [-0.3, -0.25) is 14.7 Å². The number of carbonyl (C=O) groups is 2. The molecule has 2 amide bonds. The summed E-state index contributed by atoms with van der Waals surface area (Å²) in [5, 5.41) is 0. The number of benzene rings is 1. The highest BCUT2D eigenvalue weighted by Gasteiger charge is 2.34. The maximum Gasteiger partial charge on any atom is 0.416 e. The molecule has 2 heterocycles. The third-order valence-electron chi connectivity index (χ3n) is 5.72. The number of nitrogens with two attached hydrogens (primary N) is 1. The van der Waals surface area contributed by atoms with E-state index in [0.717, 1.165) is 6.07 Å². The molecular formula is C22H25F3N4O3. The molecule has 1 atom stereocenters. The van der Waals surface area contributed by atoms with Crippen molar-refractivity contribution in [3.63, 3.8) is 0 Å². The summed E-state index contributed by atoms with van der Waals surface area (Å²) in [6, 6.07) is 3.96. The highest BCUT2D eigenvalue weighted by atomic mass is 19.4. The fraction of sp³-hybridized carbons (Fsp3) is 0.409. The molecule has 1 aliphatic heterocycles. The fourth-order valence-electron chi connectivity index (χ4n) is 3.86. The molecule has 0 aliphatic carbocycles. The molecule has 2 aromatic rings. The lowest BCUT2D eigenvalue weighted by atomic mass is 10.0. The molecule has 0 radical (unpaired) electrons. The predicted octanol–water partition coefficient (Wildman–Crippen LogP) is 3.52. The van der Waals surface area contributed by atoms with Gasteiger partial charge in [-0.2, -0.15) is 13.2 Å². The maximum atomic E-state index is 13.2. The van der Waals surface area contributed by atoms with Crippen molar-refractivity contribution in [2.45, 2.75) is 39.5 Å². The Labute approximate surface area is 184 Å². The first-order chi connectivity index (χ1) is 15.0. The van der Waals surface area contributed by atoms with E-state index in [4.69, 9.17) is 10.5 Å². The molecule has 7 nitrogen and oxygen atoms in total. The second kappa shape index (κ2) is 9.15. The minimum absolute atomic E-state index is 0.153. The number of pyridine rings is 1. The lowest BCUT2D eigenvalue weighted by Gasteiger charge is -2.39. The van der Waals surface area contributed by atoms with Crippen molar-refractivity contribution in [1.29, 1.82) is 0 Å². The number of aromatic nitrogens is 1. The molecule has 0 unspecified atom stereocenters. The van der Waals surface area contributed by atoms with Crippen molar-refractivity contribution in [2.75, 3.05) is 19.6 Å². The number of alkyl halides is 3. The van der Waals surface area contributed by atoms with Crippen LogP contribution in [-0.2, 0) is 12.7 Å². The van der Waals surface area contributed by atoms with Crippen LogP contribution in [0.3, 0.4) is 0 Å². The van der Waals surface area contributed by atoms with E-state index in [0.29, 0.717) is 37.3 Å². The van der Waals surface area contributed by atoms with Crippen LogP contribution in [0.25, 0.3) is 0 Å². The Morgan fingerprint density at radius 2 is 1.91 bits per heavy atom. The Morgan fingerprint density at radius 3 is 2.53 bits per heavy atom. The van der Waals surface area contributed by atoms with Crippen LogP contribution < -0.4 is 10.5 Å². The van der Waals surface area contributed by atoms with E-state index in [1.807, 2.05) is 11.8 Å². The summed E-state index contributed by atoms with van der Waals surface area (Å²) in [4.78, 5) is 31.6. The second-order valence-corrected chi connectivity index (χ2v) is 7.91. The SMILES string of the molecule is Cc1c(OC(=O)N2CCN(Cc3cccc(C(F)(F)F)c3C)C[C@H]2C)cncc1C(N)=O. The van der Waals surface area contributed by atoms with Crippen molar-refractivity contribution in [2.24, 2.45) is 5.73 Å². The van der Waals surface area contributed by atoms with Crippen molar-refractivity contribution in [3.8, 4) is 5.75 Å². The van der Waals surface area contributed by atoms with Gasteiger partial charge in [-0.15, -0.1) is 0 Å². The van der Waals surface area contributed by atoms with Crippen molar-refractivity contribution < 1.29 is 27.5 Å². The van der Waals surface area contributed by atoms with Crippen LogP contribution in [-0.4, -0.2) is 52.5 Å². The Balaban J connectivity index is 1.66. The third kappa shape index (κ3) is 5.01. The van der Waals surface area contributed by atoms with E-state index in [1.165, 1.54) is 25.4 Å². The Morgan fingerprint density at radius 1 is 1.19 bits per heavy atom. The number of primary amides is 1. The van der Waals surface area contributed by atoms with Gasteiger partial charge in [0, 0.05) is 44.0 Å². The highest BCUT2D eigenvalue weighted by molar-refractivity contribution is 5.94. The number of rotatable bonds is 4. The molecule has 0 bridgehead atoms. The molecule has 1 aromatic carbocycles. The van der Waals surface area contributed by atoms with Crippen molar-refractivity contribution in [3.05, 3.63) is 58.4 Å². The average molecular weight is 450 g/mol. The third-order valence-corrected chi connectivity index (χ3v) is 5.72. The van der Waals surface area contributed by atoms with Gasteiger partial charge in [0.05, 0.1) is 17.3 Å². The minimum atomic E-state index is -4.39. The minimum Gasteiger partial charge on any atom is -0.408 e. The normalized spacial score (nSPS) is 17.3. The molecular weight excluding hydrogens is 425 g/mol. The van der Waals surface area contributed by atoms with E-state index in [9.17, 15) is 22.8 Å². The van der Waals surface area contributed by atoms with Crippen LogP contribution in [0.5, 0.6) is 5.75 Å². The van der Waals surface area contributed by atoms with Gasteiger partial charge in [-0.1, -0.05) is 12.1 Å². The first kappa shape index (κ1) is 23.5. The maximum absolute atomic E-state index is 13.2. The number of hydrogen-bond donors (Lipinski definition) is 1. The number of halogens is 3. The van der Waals surface area contributed by atoms with Crippen molar-refractivity contribution >= 4 is 12.0 Å². The highest BCUT2D eigenvalue weighted by Crippen LogP contribution is 2.33. The van der Waals surface area contributed by atoms with Gasteiger partial charge in [0.25, 0.3) is 5.91 Å². The number of ether oxygens (including phenoxy) is 1. The van der Waals surface area contributed by atoms with Gasteiger partial charge >= 0.3 is 12.3 Å². The van der Waals surface area contributed by atoms with Crippen LogP contribution in [0.1, 0.15) is 39.5 Å². The van der Waals surface area contributed by atoms with Crippen LogP contribution in [0, 0.1) is 13.8 Å². The molecule has 0 saturated carbocycles. The molecule has 32 heavy (non-hydrogen) atoms. The van der Waals surface area contributed by atoms with E-state index in [2.05, 4.69) is 4.98 Å². The van der Waals surface area contributed by atoms with E-state index >= 15 is 0 Å². The van der Waals surface area contributed by atoms with E-state index < -0.39 is 23.7 Å². The summed E-state index contributed by atoms with van der Waals surface area (Å²) in [7, 11) is 0. The lowest BCUT2D eigenvalue weighted by molar-refractivity contribution is -0.138. The quantitative estimate of drug-likeness (QED) is 0.770. The van der Waals surface area contributed by atoms with Gasteiger partial charge in [0.1, 0.15) is 0 Å². The molecule has 3 rings (SSSR count). The molecule has 0 spiro atoms. The van der Waals surface area contributed by atoms with E-state index in [1.54, 1.807) is 17.9 Å². The van der Waals surface area contributed by atoms with Crippen LogP contribution >= 0.6 is 0 Å². The van der Waals surface area contributed by atoms with Gasteiger partial charge in [0.2, 0.25) is 0 Å². The van der Waals surface area contributed by atoms with Gasteiger partial charge in [-0.25, -0.2) is 4.79 Å². The lowest BCUT2D eigenvalue weighted by Crippen LogP contribution is -2.54. The molecule has 1 aromatic heterocycles. The van der Waals surface area contributed by atoms with Gasteiger partial charge in [0.15, 0.2) is 5.75 Å².